The third kappa shape index (κ3) is 4.09. The zero-order chi connectivity index (χ0) is 13.5. The quantitative estimate of drug-likeness (QED) is 0.265. The normalized spacial score (nSPS) is 17.6. The lowest BCUT2D eigenvalue weighted by Gasteiger charge is -2.28. The Kier molecular flexibility index (Phi) is 6.33. The minimum Gasteiger partial charge on any atom is -0.347 e. The van der Waals surface area contributed by atoms with E-state index in [2.05, 4.69) is 19.2 Å². The molecule has 4 heteroatoms. The lowest BCUT2D eigenvalue weighted by atomic mass is 10.1. The number of alkyl halides is 1. The van der Waals surface area contributed by atoms with Gasteiger partial charge in [-0.1, -0.05) is 36.4 Å². The minimum atomic E-state index is -0.524. The van der Waals surface area contributed by atoms with Crippen LogP contribution in [0.3, 0.4) is 0 Å². The molecule has 0 bridgehead atoms. The molecule has 0 radical (unpaired) electrons. The summed E-state index contributed by atoms with van der Waals surface area (Å²) in [7, 11) is 1.90. The average Bonchev–Trinajstić information content (AvgIpc) is 2.36. The van der Waals surface area contributed by atoms with Crippen molar-refractivity contribution in [3.63, 3.8) is 0 Å². The van der Waals surface area contributed by atoms with Crippen LogP contribution in [0, 0.1) is 0 Å². The molecule has 0 fully saturated rings. The summed E-state index contributed by atoms with van der Waals surface area (Å²) in [5, 5.41) is 0. The zero-order valence-corrected chi connectivity index (χ0v) is 12.2. The molecule has 1 atom stereocenters. The van der Waals surface area contributed by atoms with Gasteiger partial charge >= 0.3 is 0 Å². The van der Waals surface area contributed by atoms with Crippen LogP contribution in [0.1, 0.15) is 6.42 Å². The van der Waals surface area contributed by atoms with E-state index in [0.29, 0.717) is 0 Å². The highest BCUT2D eigenvalue weighted by atomic mass is 35.5. The molecule has 1 aliphatic heterocycles. The van der Waals surface area contributed by atoms with Gasteiger partial charge in [0.05, 0.1) is 0 Å². The molecule has 0 aliphatic carbocycles. The van der Waals surface area contributed by atoms with Crippen molar-refractivity contribution < 1.29 is 0 Å². The maximum atomic E-state index is 5.95. The van der Waals surface area contributed by atoms with Gasteiger partial charge in [0.25, 0.3) is 0 Å². The molecule has 98 valence electrons. The van der Waals surface area contributed by atoms with Gasteiger partial charge in [-0.2, -0.15) is 0 Å². The van der Waals surface area contributed by atoms with Crippen molar-refractivity contribution in [2.24, 2.45) is 5.73 Å². The average molecular weight is 283 g/mol. The number of likely N-dealkylation sites (N-methyl/N-ethyl adjacent to an activating group) is 1. The molecule has 18 heavy (non-hydrogen) atoms. The Morgan fingerprint density at radius 3 is 2.89 bits per heavy atom. The third-order valence-electron chi connectivity index (χ3n) is 2.59. The molecule has 0 saturated carbocycles. The fourth-order valence-electron chi connectivity index (χ4n) is 1.60. The van der Waals surface area contributed by atoms with Gasteiger partial charge in [0, 0.05) is 23.4 Å². The van der Waals surface area contributed by atoms with Gasteiger partial charge in [0.15, 0.2) is 5.62 Å². The van der Waals surface area contributed by atoms with E-state index in [-0.39, 0.29) is 0 Å². The van der Waals surface area contributed by atoms with Gasteiger partial charge in [-0.05, 0) is 24.1 Å². The highest BCUT2D eigenvalue weighted by Crippen LogP contribution is 2.32. The van der Waals surface area contributed by atoms with Crippen LogP contribution in [-0.4, -0.2) is 23.3 Å². The highest BCUT2D eigenvalue weighted by Gasteiger charge is 2.17. The van der Waals surface area contributed by atoms with E-state index in [4.69, 9.17) is 17.3 Å². The number of halogens is 1. The van der Waals surface area contributed by atoms with Crippen LogP contribution in [0.15, 0.2) is 59.7 Å². The van der Waals surface area contributed by atoms with E-state index in [1.165, 1.54) is 10.5 Å². The van der Waals surface area contributed by atoms with Crippen molar-refractivity contribution in [3.8, 4) is 0 Å². The Hall–Kier alpha value is -0.900. The number of hydrogen-bond acceptors (Lipinski definition) is 3. The Balaban J connectivity index is 3.06. The molecular formula is C14H19ClN2S. The monoisotopic (exact) mass is 282 g/mol. The van der Waals surface area contributed by atoms with E-state index >= 15 is 0 Å². The Morgan fingerprint density at radius 1 is 1.61 bits per heavy atom. The molecular weight excluding hydrogens is 264 g/mol. The summed E-state index contributed by atoms with van der Waals surface area (Å²) in [5.74, 6) is 0.933. The van der Waals surface area contributed by atoms with Gasteiger partial charge < -0.3 is 4.90 Å². The first kappa shape index (κ1) is 15.2. The van der Waals surface area contributed by atoms with Crippen LogP contribution < -0.4 is 5.73 Å². The van der Waals surface area contributed by atoms with Gasteiger partial charge in [-0.15, -0.1) is 18.3 Å². The standard InChI is InChI=1S/C14H19ClN2S/c1-4-6-8-12-9-13(17(3)14(15)16)11(7-5-2)10-18-12/h4-6,8-9,14H,1-2,7,10,16H2,3H3/b8-6-. The number of nitrogens with two attached hydrogens (primary N) is 1. The molecule has 1 heterocycles. The summed E-state index contributed by atoms with van der Waals surface area (Å²) in [6, 6.07) is 0. The number of hydrogen-bond donors (Lipinski definition) is 1. The topological polar surface area (TPSA) is 29.3 Å². The van der Waals surface area contributed by atoms with E-state index in [9.17, 15) is 0 Å². The number of thioether (sulfide) groups is 1. The molecule has 0 aromatic heterocycles. The fraction of sp³-hybridized carbons (Fsp3) is 0.286. The second-order valence-corrected chi connectivity index (χ2v) is 5.39. The van der Waals surface area contributed by atoms with Gasteiger partial charge in [0.1, 0.15) is 0 Å². The summed E-state index contributed by atoms with van der Waals surface area (Å²) < 4.78 is 0. The van der Waals surface area contributed by atoms with Crippen LogP contribution in [-0.2, 0) is 0 Å². The summed E-state index contributed by atoms with van der Waals surface area (Å²) in [4.78, 5) is 3.06. The second-order valence-electron chi connectivity index (χ2n) is 3.90. The Bertz CT molecular complexity index is 408. The highest BCUT2D eigenvalue weighted by molar-refractivity contribution is 8.03. The van der Waals surface area contributed by atoms with Crippen molar-refractivity contribution in [1.82, 2.24) is 4.90 Å². The van der Waals surface area contributed by atoms with Crippen LogP contribution in [0.4, 0.5) is 0 Å². The molecule has 2 N–H and O–H groups in total. The summed E-state index contributed by atoms with van der Waals surface area (Å²) in [5.41, 5.74) is 7.59. The number of allylic oxidation sites excluding steroid dienone is 5. The van der Waals surface area contributed by atoms with Crippen LogP contribution in [0.2, 0.25) is 0 Å². The van der Waals surface area contributed by atoms with E-state index in [1.54, 1.807) is 17.8 Å². The maximum Gasteiger partial charge on any atom is 0.154 e. The van der Waals surface area contributed by atoms with Gasteiger partial charge in [0.2, 0.25) is 0 Å². The van der Waals surface area contributed by atoms with E-state index in [0.717, 1.165) is 17.9 Å². The summed E-state index contributed by atoms with van der Waals surface area (Å²) >= 11 is 7.75. The first-order valence-electron chi connectivity index (χ1n) is 5.69. The predicted molar refractivity (Wildman–Crippen MR) is 83.3 cm³/mol. The molecule has 2 nitrogen and oxygen atoms in total. The van der Waals surface area contributed by atoms with E-state index < -0.39 is 5.62 Å². The Morgan fingerprint density at radius 2 is 2.33 bits per heavy atom. The van der Waals surface area contributed by atoms with Gasteiger partial charge in [-0.3, -0.25) is 5.73 Å². The molecule has 0 aromatic carbocycles. The number of nitrogens with zero attached hydrogens (tertiary/aromatic N) is 1. The minimum absolute atomic E-state index is 0.524. The Labute approximate surface area is 119 Å². The van der Waals surface area contributed by atoms with Crippen molar-refractivity contribution in [1.29, 1.82) is 0 Å². The maximum absolute atomic E-state index is 5.95. The number of rotatable bonds is 6. The molecule has 0 aromatic rings. The molecule has 1 rings (SSSR count). The van der Waals surface area contributed by atoms with Crippen molar-refractivity contribution in [2.75, 3.05) is 12.8 Å². The largest absolute Gasteiger partial charge is 0.347 e. The molecule has 1 aliphatic rings. The first-order valence-corrected chi connectivity index (χ1v) is 7.11. The lowest BCUT2D eigenvalue weighted by molar-refractivity contribution is 0.400. The van der Waals surface area contributed by atoms with E-state index in [1.807, 2.05) is 30.2 Å². The molecule has 0 saturated heterocycles. The fourth-order valence-corrected chi connectivity index (χ4v) is 2.69. The van der Waals surface area contributed by atoms with Gasteiger partial charge in [-0.25, -0.2) is 0 Å². The van der Waals surface area contributed by atoms with Crippen LogP contribution in [0.25, 0.3) is 0 Å². The SMILES string of the molecule is C=C/C=C\C1=CC(N(C)C(N)Cl)=C(CC=C)CS1. The second kappa shape index (κ2) is 7.52. The molecule has 0 amide bonds. The predicted octanol–water partition coefficient (Wildman–Crippen LogP) is 3.60. The van der Waals surface area contributed by atoms with Crippen LogP contribution >= 0.6 is 23.4 Å². The lowest BCUT2D eigenvalue weighted by Crippen LogP contribution is -2.34. The molecule has 0 spiro atoms. The van der Waals surface area contributed by atoms with Crippen LogP contribution in [0.5, 0.6) is 0 Å². The zero-order valence-electron chi connectivity index (χ0n) is 10.6. The first-order chi connectivity index (χ1) is 8.60. The molecule has 1 unspecified atom stereocenters. The van der Waals surface area contributed by atoms with Crippen molar-refractivity contribution >= 4 is 23.4 Å². The van der Waals surface area contributed by atoms with Crippen molar-refractivity contribution in [3.05, 3.63) is 59.7 Å². The van der Waals surface area contributed by atoms with Crippen molar-refractivity contribution in [2.45, 2.75) is 12.0 Å². The third-order valence-corrected chi connectivity index (χ3v) is 3.96. The summed E-state index contributed by atoms with van der Waals surface area (Å²) in [6.07, 6.45) is 10.6. The summed E-state index contributed by atoms with van der Waals surface area (Å²) in [6.45, 7) is 7.46. The smallest absolute Gasteiger partial charge is 0.154 e.